The first-order valence-electron chi connectivity index (χ1n) is 4.15. The third kappa shape index (κ3) is 2.93. The molecule has 0 unspecified atom stereocenters. The molecule has 1 aromatic rings. The molecule has 0 saturated heterocycles. The largest absolute Gasteiger partial charge is 0.380 e. The molecule has 0 aromatic carbocycles. The van der Waals surface area contributed by atoms with E-state index in [1.165, 1.54) is 10.4 Å². The Morgan fingerprint density at radius 1 is 1.50 bits per heavy atom. The number of hydrogen-bond acceptors (Lipinski definition) is 3. The van der Waals surface area contributed by atoms with Crippen LogP contribution in [0.2, 0.25) is 0 Å². The zero-order valence-electron chi connectivity index (χ0n) is 7.38. The molecule has 3 heteroatoms. The topological polar surface area (TPSA) is 35.2 Å². The molecule has 2 N–H and O–H groups in total. The van der Waals surface area contributed by atoms with Gasteiger partial charge in [0.15, 0.2) is 0 Å². The number of aryl methyl sites for hydroxylation is 1. The Morgan fingerprint density at radius 3 is 2.92 bits per heavy atom. The number of ether oxygens (including phenoxy) is 1. The standard InChI is InChI=1S/C9H15NOS/c1-8-3-7-12-9(8)2-5-11-6-4-10/h3,7H,2,4-6,10H2,1H3. The highest BCUT2D eigenvalue weighted by Crippen LogP contribution is 2.15. The molecule has 0 aliphatic carbocycles. The summed E-state index contributed by atoms with van der Waals surface area (Å²) < 4.78 is 5.29. The minimum Gasteiger partial charge on any atom is -0.380 e. The summed E-state index contributed by atoms with van der Waals surface area (Å²) in [6, 6.07) is 2.14. The van der Waals surface area contributed by atoms with Crippen LogP contribution >= 0.6 is 11.3 Å². The molecule has 1 aromatic heterocycles. The SMILES string of the molecule is Cc1ccsc1CCOCCN. The fourth-order valence-corrected chi connectivity index (χ4v) is 1.90. The lowest BCUT2D eigenvalue weighted by atomic mass is 10.2. The van der Waals surface area contributed by atoms with Gasteiger partial charge in [0.05, 0.1) is 13.2 Å². The molecule has 0 atom stereocenters. The van der Waals surface area contributed by atoms with Crippen molar-refractivity contribution in [1.82, 2.24) is 0 Å². The van der Waals surface area contributed by atoms with Gasteiger partial charge in [-0.15, -0.1) is 11.3 Å². The molecule has 68 valence electrons. The second kappa shape index (κ2) is 5.30. The monoisotopic (exact) mass is 185 g/mol. The Labute approximate surface area is 77.3 Å². The molecule has 0 radical (unpaired) electrons. The molecule has 0 spiro atoms. The van der Waals surface area contributed by atoms with Crippen LogP contribution in [0.4, 0.5) is 0 Å². The second-order valence-corrected chi connectivity index (χ2v) is 3.68. The first kappa shape index (κ1) is 9.71. The molecule has 0 amide bonds. The second-order valence-electron chi connectivity index (χ2n) is 2.68. The summed E-state index contributed by atoms with van der Waals surface area (Å²) in [5.74, 6) is 0. The van der Waals surface area contributed by atoms with Crippen LogP contribution in [-0.4, -0.2) is 19.8 Å². The molecule has 2 nitrogen and oxygen atoms in total. The van der Waals surface area contributed by atoms with Gasteiger partial charge < -0.3 is 10.5 Å². The number of rotatable bonds is 5. The third-order valence-electron chi connectivity index (χ3n) is 1.70. The maximum Gasteiger partial charge on any atom is 0.0588 e. The van der Waals surface area contributed by atoms with E-state index < -0.39 is 0 Å². The molecular formula is C9H15NOS. The minimum absolute atomic E-state index is 0.615. The van der Waals surface area contributed by atoms with Crippen LogP contribution in [0, 0.1) is 6.92 Å². The van der Waals surface area contributed by atoms with Crippen molar-refractivity contribution in [3.05, 3.63) is 21.9 Å². The summed E-state index contributed by atoms with van der Waals surface area (Å²) in [5.41, 5.74) is 6.67. The maximum atomic E-state index is 5.30. The summed E-state index contributed by atoms with van der Waals surface area (Å²) in [6.07, 6.45) is 1.02. The third-order valence-corrected chi connectivity index (χ3v) is 2.79. The Morgan fingerprint density at radius 2 is 2.33 bits per heavy atom. The highest BCUT2D eigenvalue weighted by atomic mass is 32.1. The average Bonchev–Trinajstić information content (AvgIpc) is 2.46. The van der Waals surface area contributed by atoms with Crippen molar-refractivity contribution in [2.75, 3.05) is 19.8 Å². The summed E-state index contributed by atoms with van der Waals surface area (Å²) >= 11 is 1.80. The molecular weight excluding hydrogens is 170 g/mol. The van der Waals surface area contributed by atoms with Crippen molar-refractivity contribution in [3.8, 4) is 0 Å². The van der Waals surface area contributed by atoms with Gasteiger partial charge in [-0.1, -0.05) is 0 Å². The Hall–Kier alpha value is -0.380. The van der Waals surface area contributed by atoms with E-state index in [9.17, 15) is 0 Å². The van der Waals surface area contributed by atoms with Crippen LogP contribution in [0.15, 0.2) is 11.4 Å². The summed E-state index contributed by atoms with van der Waals surface area (Å²) in [4.78, 5) is 1.42. The van der Waals surface area contributed by atoms with Gasteiger partial charge in [0.1, 0.15) is 0 Å². The summed E-state index contributed by atoms with van der Waals surface area (Å²) in [7, 11) is 0. The highest BCUT2D eigenvalue weighted by Gasteiger charge is 1.98. The molecule has 12 heavy (non-hydrogen) atoms. The van der Waals surface area contributed by atoms with E-state index in [1.807, 2.05) is 0 Å². The lowest BCUT2D eigenvalue weighted by Gasteiger charge is -2.01. The van der Waals surface area contributed by atoms with E-state index in [2.05, 4.69) is 18.4 Å². The average molecular weight is 185 g/mol. The molecule has 1 rings (SSSR count). The van der Waals surface area contributed by atoms with Crippen LogP contribution in [0.5, 0.6) is 0 Å². The van der Waals surface area contributed by atoms with Crippen molar-refractivity contribution in [3.63, 3.8) is 0 Å². The molecule has 0 aliphatic heterocycles. The molecule has 0 bridgehead atoms. The zero-order chi connectivity index (χ0) is 8.81. The highest BCUT2D eigenvalue weighted by molar-refractivity contribution is 7.10. The number of thiophene rings is 1. The van der Waals surface area contributed by atoms with E-state index in [0.717, 1.165) is 13.0 Å². The van der Waals surface area contributed by atoms with Crippen molar-refractivity contribution in [2.24, 2.45) is 5.73 Å². The molecule has 0 aliphatic rings. The smallest absolute Gasteiger partial charge is 0.0588 e. The summed E-state index contributed by atoms with van der Waals surface area (Å²) in [6.45, 7) is 4.21. The number of nitrogens with two attached hydrogens (primary N) is 1. The van der Waals surface area contributed by atoms with E-state index in [1.54, 1.807) is 11.3 Å². The minimum atomic E-state index is 0.615. The Kier molecular flexibility index (Phi) is 4.29. The van der Waals surface area contributed by atoms with Crippen LogP contribution in [-0.2, 0) is 11.2 Å². The van der Waals surface area contributed by atoms with Gasteiger partial charge in [0, 0.05) is 17.8 Å². The first-order valence-corrected chi connectivity index (χ1v) is 5.03. The van der Waals surface area contributed by atoms with Crippen LogP contribution in [0.1, 0.15) is 10.4 Å². The van der Waals surface area contributed by atoms with Crippen LogP contribution in [0.3, 0.4) is 0 Å². The van der Waals surface area contributed by atoms with E-state index in [4.69, 9.17) is 10.5 Å². The van der Waals surface area contributed by atoms with Gasteiger partial charge in [-0.05, 0) is 23.9 Å². The van der Waals surface area contributed by atoms with Crippen LogP contribution in [0.25, 0.3) is 0 Å². The van der Waals surface area contributed by atoms with Crippen molar-refractivity contribution in [1.29, 1.82) is 0 Å². The van der Waals surface area contributed by atoms with Gasteiger partial charge in [-0.3, -0.25) is 0 Å². The Bertz CT molecular complexity index is 222. The molecule has 0 saturated carbocycles. The molecule has 0 fully saturated rings. The lowest BCUT2D eigenvalue weighted by Crippen LogP contribution is -2.09. The maximum absolute atomic E-state index is 5.30. The van der Waals surface area contributed by atoms with Gasteiger partial charge in [0.2, 0.25) is 0 Å². The first-order chi connectivity index (χ1) is 5.84. The van der Waals surface area contributed by atoms with Crippen molar-refractivity contribution in [2.45, 2.75) is 13.3 Å². The van der Waals surface area contributed by atoms with Crippen LogP contribution < -0.4 is 5.73 Å². The zero-order valence-corrected chi connectivity index (χ0v) is 8.19. The van der Waals surface area contributed by atoms with Crippen molar-refractivity contribution < 1.29 is 4.74 Å². The predicted octanol–water partition coefficient (Wildman–Crippen LogP) is 1.57. The fourth-order valence-electron chi connectivity index (χ4n) is 1.01. The van der Waals surface area contributed by atoms with Gasteiger partial charge in [0.25, 0.3) is 0 Å². The predicted molar refractivity (Wildman–Crippen MR) is 52.6 cm³/mol. The summed E-state index contributed by atoms with van der Waals surface area (Å²) in [5, 5.41) is 2.12. The normalized spacial score (nSPS) is 10.5. The van der Waals surface area contributed by atoms with Gasteiger partial charge in [-0.25, -0.2) is 0 Å². The van der Waals surface area contributed by atoms with Gasteiger partial charge in [-0.2, -0.15) is 0 Å². The molecule has 1 heterocycles. The van der Waals surface area contributed by atoms with Crippen molar-refractivity contribution >= 4 is 11.3 Å². The fraction of sp³-hybridized carbons (Fsp3) is 0.556. The van der Waals surface area contributed by atoms with E-state index >= 15 is 0 Å². The lowest BCUT2D eigenvalue weighted by molar-refractivity contribution is 0.145. The Balaban J connectivity index is 2.20. The van der Waals surface area contributed by atoms with Gasteiger partial charge >= 0.3 is 0 Å². The quantitative estimate of drug-likeness (QED) is 0.707. The number of hydrogen-bond donors (Lipinski definition) is 1. The van der Waals surface area contributed by atoms with E-state index in [0.29, 0.717) is 13.2 Å². The van der Waals surface area contributed by atoms with E-state index in [-0.39, 0.29) is 0 Å².